The highest BCUT2D eigenvalue weighted by atomic mass is 31.2. The Morgan fingerprint density at radius 1 is 0.314 bits per heavy atom. The van der Waals surface area contributed by atoms with Gasteiger partial charge in [-0.1, -0.05) is 286 Å². The topological polar surface area (TPSA) is 237 Å². The molecule has 0 radical (unpaired) electrons. The predicted octanol–water partition coefficient (Wildman–Crippen LogP) is 18.8. The van der Waals surface area contributed by atoms with Crippen LogP contribution in [0.5, 0.6) is 0 Å². The molecule has 5 atom stereocenters. The summed E-state index contributed by atoms with van der Waals surface area (Å²) in [6, 6.07) is 0. The minimum Gasteiger partial charge on any atom is -0.462 e. The van der Waals surface area contributed by atoms with Gasteiger partial charge in [-0.2, -0.15) is 0 Å². The summed E-state index contributed by atoms with van der Waals surface area (Å²) in [5.74, 6) is -0.684. The summed E-state index contributed by atoms with van der Waals surface area (Å²) in [4.78, 5) is 72.4. The van der Waals surface area contributed by atoms with Gasteiger partial charge in [-0.05, 0) is 37.5 Å². The van der Waals surface area contributed by atoms with E-state index in [1.54, 1.807) is 0 Å². The van der Waals surface area contributed by atoms with E-state index in [0.29, 0.717) is 25.7 Å². The van der Waals surface area contributed by atoms with Gasteiger partial charge >= 0.3 is 39.5 Å². The number of carbonyl (C=O) groups is 4. The van der Waals surface area contributed by atoms with E-state index in [9.17, 15) is 43.2 Å². The Morgan fingerprint density at radius 3 is 0.791 bits per heavy atom. The van der Waals surface area contributed by atoms with Crippen molar-refractivity contribution >= 4 is 39.5 Å². The molecular weight excluding hydrogens is 1140 g/mol. The number of esters is 4. The molecule has 17 nitrogen and oxygen atoms in total. The molecule has 0 rings (SSSR count). The van der Waals surface area contributed by atoms with E-state index in [4.69, 9.17) is 37.0 Å². The maximum absolute atomic E-state index is 13.0. The van der Waals surface area contributed by atoms with Crippen molar-refractivity contribution in [2.24, 2.45) is 11.8 Å². The molecule has 86 heavy (non-hydrogen) atoms. The fourth-order valence-electron chi connectivity index (χ4n) is 10.1. The lowest BCUT2D eigenvalue weighted by Gasteiger charge is -2.21. The molecular formula is C67H130O17P2. The maximum Gasteiger partial charge on any atom is 0.472 e. The summed E-state index contributed by atoms with van der Waals surface area (Å²) in [5, 5.41) is 10.6. The van der Waals surface area contributed by atoms with Crippen LogP contribution in [-0.4, -0.2) is 96.7 Å². The highest BCUT2D eigenvalue weighted by Gasteiger charge is 2.30. The fraction of sp³-hybridized carbons (Fsp3) is 0.940. The van der Waals surface area contributed by atoms with E-state index in [0.717, 1.165) is 102 Å². The van der Waals surface area contributed by atoms with E-state index in [1.807, 2.05) is 0 Å². The highest BCUT2D eigenvalue weighted by molar-refractivity contribution is 7.47. The molecule has 0 aliphatic heterocycles. The van der Waals surface area contributed by atoms with Crippen LogP contribution < -0.4 is 0 Å². The first kappa shape index (κ1) is 84.1. The third-order valence-electron chi connectivity index (χ3n) is 15.5. The van der Waals surface area contributed by atoms with E-state index in [-0.39, 0.29) is 25.7 Å². The number of ether oxygens (including phenoxy) is 4. The van der Waals surface area contributed by atoms with E-state index >= 15 is 0 Å². The number of aliphatic hydroxyl groups excluding tert-OH is 1. The lowest BCUT2D eigenvalue weighted by molar-refractivity contribution is -0.161. The van der Waals surface area contributed by atoms with Crippen molar-refractivity contribution in [1.29, 1.82) is 0 Å². The van der Waals surface area contributed by atoms with Crippen LogP contribution in [0.1, 0.15) is 337 Å². The molecule has 0 heterocycles. The molecule has 2 unspecified atom stereocenters. The average molecular weight is 1270 g/mol. The number of phosphoric ester groups is 2. The van der Waals surface area contributed by atoms with Crippen molar-refractivity contribution in [3.05, 3.63) is 0 Å². The molecule has 0 spiro atoms. The van der Waals surface area contributed by atoms with Gasteiger partial charge in [0.2, 0.25) is 0 Å². The second-order valence-electron chi connectivity index (χ2n) is 25.2. The lowest BCUT2D eigenvalue weighted by atomic mass is 10.0. The second kappa shape index (κ2) is 59.4. The van der Waals surface area contributed by atoms with Crippen LogP contribution in [0.3, 0.4) is 0 Å². The zero-order valence-electron chi connectivity index (χ0n) is 55.6. The van der Waals surface area contributed by atoms with Gasteiger partial charge in [-0.25, -0.2) is 9.13 Å². The summed E-state index contributed by atoms with van der Waals surface area (Å²) in [6.07, 6.45) is 43.0. The fourth-order valence-corrected chi connectivity index (χ4v) is 11.6. The summed E-state index contributed by atoms with van der Waals surface area (Å²) >= 11 is 0. The van der Waals surface area contributed by atoms with Crippen molar-refractivity contribution in [1.82, 2.24) is 0 Å². The Balaban J connectivity index is 5.25. The highest BCUT2D eigenvalue weighted by Crippen LogP contribution is 2.45. The first-order chi connectivity index (χ1) is 41.4. The Bertz CT molecular complexity index is 1680. The van der Waals surface area contributed by atoms with Crippen molar-refractivity contribution in [2.45, 2.75) is 355 Å². The predicted molar refractivity (Wildman–Crippen MR) is 345 cm³/mol. The Labute approximate surface area is 524 Å². The van der Waals surface area contributed by atoms with E-state index in [2.05, 4.69) is 41.5 Å². The second-order valence-corrected chi connectivity index (χ2v) is 28.1. The van der Waals surface area contributed by atoms with Crippen LogP contribution in [0.15, 0.2) is 0 Å². The number of rotatable bonds is 66. The van der Waals surface area contributed by atoms with E-state index < -0.39 is 97.5 Å². The first-order valence-corrected chi connectivity index (χ1v) is 38.0. The number of unbranched alkanes of at least 4 members (excludes halogenated alkanes) is 36. The number of hydrogen-bond acceptors (Lipinski definition) is 15. The number of aliphatic hydroxyl groups is 1. The lowest BCUT2D eigenvalue weighted by Crippen LogP contribution is -2.30. The van der Waals surface area contributed by atoms with Gasteiger partial charge < -0.3 is 33.8 Å². The number of hydrogen-bond donors (Lipinski definition) is 3. The van der Waals surface area contributed by atoms with E-state index in [1.165, 1.54) is 154 Å². The molecule has 510 valence electrons. The van der Waals surface area contributed by atoms with Crippen LogP contribution in [-0.2, 0) is 65.4 Å². The van der Waals surface area contributed by atoms with Crippen LogP contribution in [0, 0.1) is 11.8 Å². The average Bonchev–Trinajstić information content (AvgIpc) is 3.67. The molecule has 0 aliphatic rings. The van der Waals surface area contributed by atoms with Gasteiger partial charge in [0.1, 0.15) is 19.3 Å². The molecule has 0 amide bonds. The zero-order valence-corrected chi connectivity index (χ0v) is 57.4. The normalized spacial score (nSPS) is 14.2. The van der Waals surface area contributed by atoms with Gasteiger partial charge in [0, 0.05) is 25.7 Å². The van der Waals surface area contributed by atoms with Crippen LogP contribution in [0.4, 0.5) is 0 Å². The number of carbonyl (C=O) groups excluding carboxylic acids is 4. The quantitative estimate of drug-likeness (QED) is 0.0222. The molecule has 0 saturated carbocycles. The van der Waals surface area contributed by atoms with Gasteiger partial charge in [0.05, 0.1) is 26.4 Å². The smallest absolute Gasteiger partial charge is 0.462 e. The Morgan fingerprint density at radius 2 is 0.535 bits per heavy atom. The van der Waals surface area contributed by atoms with Crippen LogP contribution >= 0.6 is 15.6 Å². The molecule has 0 aromatic heterocycles. The van der Waals surface area contributed by atoms with Gasteiger partial charge in [-0.15, -0.1) is 0 Å². The molecule has 0 aliphatic carbocycles. The maximum atomic E-state index is 13.0. The monoisotopic (exact) mass is 1270 g/mol. The summed E-state index contributed by atoms with van der Waals surface area (Å²) in [7, 11) is -9.89. The van der Waals surface area contributed by atoms with Crippen LogP contribution in [0.2, 0.25) is 0 Å². The Kier molecular flexibility index (Phi) is 58.0. The third-order valence-corrected chi connectivity index (χ3v) is 17.4. The Hall–Kier alpha value is -1.94. The number of phosphoric acid groups is 2. The van der Waals surface area contributed by atoms with Crippen molar-refractivity contribution in [3.8, 4) is 0 Å². The molecule has 0 bridgehead atoms. The van der Waals surface area contributed by atoms with Gasteiger partial charge in [0.25, 0.3) is 0 Å². The van der Waals surface area contributed by atoms with Crippen molar-refractivity contribution < 1.29 is 80.2 Å². The standard InChI is InChI=1S/C67H130O17P2/c1-7-9-11-13-15-17-19-21-23-31-37-43-49-64(69)77-55-62(83-66(71)51-45-39-33-24-22-20-18-16-14-12-10-8-2)57-81-85(73,74)79-53-61(68)54-80-86(75,76)82-58-63(84-67(72)52-46-40-34-28-26-30-36-42-48-60(5)6)56-78-65(70)50-44-38-32-27-25-29-35-41-47-59(3)4/h59-63,68H,7-58H2,1-6H3,(H,73,74)(H,75,76)/t61-,62-,63-/m1/s1. The van der Waals surface area contributed by atoms with Crippen molar-refractivity contribution in [2.75, 3.05) is 39.6 Å². The molecule has 0 aromatic rings. The molecule has 0 saturated heterocycles. The van der Waals surface area contributed by atoms with Gasteiger partial charge in [-0.3, -0.25) is 37.3 Å². The van der Waals surface area contributed by atoms with Crippen LogP contribution in [0.25, 0.3) is 0 Å². The molecule has 0 aromatic carbocycles. The SMILES string of the molecule is CCCCCCCCCCCCCCC(=O)OC[C@H](COP(=O)(O)OC[C@@H](O)COP(=O)(O)OC[C@@H](COC(=O)CCCCCCCCCCC(C)C)OC(=O)CCCCCCCCCCC(C)C)OC(=O)CCCCCCCCCCCCCC. The largest absolute Gasteiger partial charge is 0.472 e. The minimum absolute atomic E-state index is 0.104. The van der Waals surface area contributed by atoms with Gasteiger partial charge in [0.15, 0.2) is 12.2 Å². The molecule has 19 heteroatoms. The summed E-state index contributed by atoms with van der Waals surface area (Å²) in [5.41, 5.74) is 0. The van der Waals surface area contributed by atoms with Crippen molar-refractivity contribution in [3.63, 3.8) is 0 Å². The summed E-state index contributed by atoms with van der Waals surface area (Å²) in [6.45, 7) is 9.45. The zero-order chi connectivity index (χ0) is 63.6. The molecule has 3 N–H and O–H groups in total. The summed E-state index contributed by atoms with van der Waals surface area (Å²) < 4.78 is 68.1. The minimum atomic E-state index is -4.95. The third kappa shape index (κ3) is 60.9. The molecule has 0 fully saturated rings. The first-order valence-electron chi connectivity index (χ1n) is 35.0.